The van der Waals surface area contributed by atoms with Crippen LogP contribution in [0.4, 0.5) is 4.39 Å². The Hall–Kier alpha value is -0.640. The third kappa shape index (κ3) is 4.44. The second kappa shape index (κ2) is 7.83. The van der Waals surface area contributed by atoms with Crippen molar-refractivity contribution in [2.45, 2.75) is 33.2 Å². The Balaban J connectivity index is 2.96. The maximum absolute atomic E-state index is 14.0. The van der Waals surface area contributed by atoms with Crippen molar-refractivity contribution in [3.8, 4) is 0 Å². The zero-order valence-electron chi connectivity index (χ0n) is 12.0. The number of rotatable bonds is 7. The first-order valence-corrected chi connectivity index (χ1v) is 7.30. The molecule has 0 aliphatic heterocycles. The Labute approximate surface area is 120 Å². The van der Waals surface area contributed by atoms with E-state index in [0.717, 1.165) is 19.5 Å². The topological polar surface area (TPSA) is 29.3 Å². The summed E-state index contributed by atoms with van der Waals surface area (Å²) in [5, 5.41) is 0.419. The normalized spacial score (nSPS) is 14.7. The van der Waals surface area contributed by atoms with E-state index in [1.807, 2.05) is 0 Å². The van der Waals surface area contributed by atoms with Crippen LogP contribution in [0.2, 0.25) is 5.02 Å². The van der Waals surface area contributed by atoms with E-state index in [1.165, 1.54) is 6.07 Å². The van der Waals surface area contributed by atoms with Crippen LogP contribution >= 0.6 is 11.6 Å². The smallest absolute Gasteiger partial charge is 0.129 e. The molecule has 2 atom stereocenters. The van der Waals surface area contributed by atoms with Gasteiger partial charge in [0.15, 0.2) is 0 Å². The number of halogens is 2. The van der Waals surface area contributed by atoms with Crippen molar-refractivity contribution in [2.24, 2.45) is 11.7 Å². The molecule has 4 heteroatoms. The third-order valence-electron chi connectivity index (χ3n) is 3.63. The fraction of sp³-hybridized carbons (Fsp3) is 0.600. The molecule has 0 amide bonds. The number of hydrogen-bond acceptors (Lipinski definition) is 2. The number of nitrogens with zero attached hydrogens (tertiary/aromatic N) is 1. The highest BCUT2D eigenvalue weighted by molar-refractivity contribution is 6.30. The zero-order valence-corrected chi connectivity index (χ0v) is 12.8. The fourth-order valence-corrected chi connectivity index (χ4v) is 2.41. The second-order valence-corrected chi connectivity index (χ2v) is 5.45. The van der Waals surface area contributed by atoms with Crippen molar-refractivity contribution in [3.05, 3.63) is 34.6 Å². The molecule has 0 spiro atoms. The molecule has 0 bridgehead atoms. The molecule has 108 valence electrons. The maximum Gasteiger partial charge on any atom is 0.129 e. The van der Waals surface area contributed by atoms with Gasteiger partial charge in [0.25, 0.3) is 0 Å². The largest absolute Gasteiger partial charge is 0.329 e. The van der Waals surface area contributed by atoms with E-state index in [0.29, 0.717) is 23.0 Å². The summed E-state index contributed by atoms with van der Waals surface area (Å²) in [5.74, 6) is 0.301. The van der Waals surface area contributed by atoms with Crippen LogP contribution in [0.3, 0.4) is 0 Å². The van der Waals surface area contributed by atoms with Crippen LogP contribution in [-0.4, -0.2) is 24.5 Å². The van der Waals surface area contributed by atoms with E-state index < -0.39 is 0 Å². The van der Waals surface area contributed by atoms with Crippen molar-refractivity contribution in [1.29, 1.82) is 0 Å². The summed E-state index contributed by atoms with van der Waals surface area (Å²) in [7, 11) is 0. The van der Waals surface area contributed by atoms with E-state index in [-0.39, 0.29) is 11.9 Å². The van der Waals surface area contributed by atoms with Crippen LogP contribution in [0.1, 0.15) is 38.8 Å². The van der Waals surface area contributed by atoms with Gasteiger partial charge < -0.3 is 5.73 Å². The summed E-state index contributed by atoms with van der Waals surface area (Å²) in [6.45, 7) is 8.64. The average Bonchev–Trinajstić information content (AvgIpc) is 2.40. The van der Waals surface area contributed by atoms with Gasteiger partial charge in [-0.25, -0.2) is 4.39 Å². The summed E-state index contributed by atoms with van der Waals surface area (Å²) in [4.78, 5) is 2.24. The molecule has 0 heterocycles. The predicted molar refractivity (Wildman–Crippen MR) is 79.9 cm³/mol. The van der Waals surface area contributed by atoms with Gasteiger partial charge in [-0.05, 0) is 24.6 Å². The Bertz CT molecular complexity index is 398. The first-order chi connectivity index (χ1) is 9.03. The van der Waals surface area contributed by atoms with Crippen LogP contribution < -0.4 is 5.73 Å². The van der Waals surface area contributed by atoms with Crippen LogP contribution in [0, 0.1) is 11.7 Å². The van der Waals surface area contributed by atoms with Gasteiger partial charge in [-0.2, -0.15) is 0 Å². The minimum absolute atomic E-state index is 0.0868. The van der Waals surface area contributed by atoms with Gasteiger partial charge >= 0.3 is 0 Å². The molecular weight excluding hydrogens is 263 g/mol. The summed E-state index contributed by atoms with van der Waals surface area (Å²) in [6.07, 6.45) is 1.11. The summed E-state index contributed by atoms with van der Waals surface area (Å²) >= 11 is 5.80. The molecular formula is C15H24ClFN2. The number of hydrogen-bond donors (Lipinski definition) is 1. The second-order valence-electron chi connectivity index (χ2n) is 5.02. The molecule has 2 N–H and O–H groups in total. The first-order valence-electron chi connectivity index (χ1n) is 6.92. The lowest BCUT2D eigenvalue weighted by molar-refractivity contribution is 0.179. The Morgan fingerprint density at radius 2 is 2.05 bits per heavy atom. The molecule has 1 aromatic carbocycles. The monoisotopic (exact) mass is 286 g/mol. The van der Waals surface area contributed by atoms with Gasteiger partial charge in [0, 0.05) is 29.7 Å². The van der Waals surface area contributed by atoms with Crippen molar-refractivity contribution in [2.75, 3.05) is 19.6 Å². The average molecular weight is 287 g/mol. The van der Waals surface area contributed by atoms with E-state index in [9.17, 15) is 4.39 Å². The zero-order chi connectivity index (χ0) is 14.4. The quantitative estimate of drug-likeness (QED) is 0.825. The molecule has 19 heavy (non-hydrogen) atoms. The van der Waals surface area contributed by atoms with Crippen LogP contribution in [0.15, 0.2) is 18.2 Å². The summed E-state index contributed by atoms with van der Waals surface area (Å²) in [5.41, 5.74) is 6.50. The van der Waals surface area contributed by atoms with Crippen molar-refractivity contribution < 1.29 is 4.39 Å². The van der Waals surface area contributed by atoms with Crippen LogP contribution in [0.25, 0.3) is 0 Å². The molecule has 2 unspecified atom stereocenters. The van der Waals surface area contributed by atoms with E-state index in [4.69, 9.17) is 17.3 Å². The lowest BCUT2D eigenvalue weighted by Crippen LogP contribution is -2.37. The molecule has 2 nitrogen and oxygen atoms in total. The Morgan fingerprint density at radius 3 is 2.53 bits per heavy atom. The predicted octanol–water partition coefficient (Wildman–Crippen LogP) is 3.85. The van der Waals surface area contributed by atoms with Gasteiger partial charge in [0.1, 0.15) is 5.82 Å². The molecule has 1 aromatic rings. The van der Waals surface area contributed by atoms with Crippen molar-refractivity contribution in [1.82, 2.24) is 4.90 Å². The van der Waals surface area contributed by atoms with Crippen molar-refractivity contribution in [3.63, 3.8) is 0 Å². The highest BCUT2D eigenvalue weighted by Gasteiger charge is 2.22. The van der Waals surface area contributed by atoms with Gasteiger partial charge in [0.2, 0.25) is 0 Å². The highest BCUT2D eigenvalue weighted by Crippen LogP contribution is 2.25. The van der Waals surface area contributed by atoms with Crippen LogP contribution in [-0.2, 0) is 0 Å². The van der Waals surface area contributed by atoms with Crippen LogP contribution in [0.5, 0.6) is 0 Å². The fourth-order valence-electron chi connectivity index (χ4n) is 2.25. The van der Waals surface area contributed by atoms with E-state index in [2.05, 4.69) is 25.7 Å². The van der Waals surface area contributed by atoms with Gasteiger partial charge in [0.05, 0.1) is 0 Å². The van der Waals surface area contributed by atoms with Gasteiger partial charge in [-0.1, -0.05) is 44.9 Å². The molecule has 0 radical (unpaired) electrons. The maximum atomic E-state index is 14.0. The molecule has 0 saturated carbocycles. The molecule has 0 aromatic heterocycles. The minimum atomic E-state index is -0.273. The number of benzene rings is 1. The SMILES string of the molecule is CCC(C)CN(CC)C(CN)c1ccc(Cl)cc1F. The molecule has 0 aliphatic rings. The van der Waals surface area contributed by atoms with Crippen molar-refractivity contribution >= 4 is 11.6 Å². The lowest BCUT2D eigenvalue weighted by atomic mass is 10.0. The van der Waals surface area contributed by atoms with Gasteiger partial charge in [-0.3, -0.25) is 4.90 Å². The Morgan fingerprint density at radius 1 is 1.37 bits per heavy atom. The molecule has 0 aliphatic carbocycles. The van der Waals surface area contributed by atoms with Gasteiger partial charge in [-0.15, -0.1) is 0 Å². The minimum Gasteiger partial charge on any atom is -0.329 e. The standard InChI is InChI=1S/C15H24ClFN2/c1-4-11(3)10-19(5-2)15(9-18)13-7-6-12(16)8-14(13)17/h6-8,11,15H,4-5,9-10,18H2,1-3H3. The number of likely N-dealkylation sites (N-methyl/N-ethyl adjacent to an activating group) is 1. The van der Waals surface area contributed by atoms with E-state index in [1.54, 1.807) is 12.1 Å². The lowest BCUT2D eigenvalue weighted by Gasteiger charge is -2.32. The highest BCUT2D eigenvalue weighted by atomic mass is 35.5. The third-order valence-corrected chi connectivity index (χ3v) is 3.87. The Kier molecular flexibility index (Phi) is 6.76. The summed E-state index contributed by atoms with van der Waals surface area (Å²) < 4.78 is 14.0. The molecule has 0 fully saturated rings. The summed E-state index contributed by atoms with van der Waals surface area (Å²) in [6, 6.07) is 4.74. The van der Waals surface area contributed by atoms with E-state index >= 15 is 0 Å². The first kappa shape index (κ1) is 16.4. The molecule has 0 saturated heterocycles. The molecule has 1 rings (SSSR count). The number of nitrogens with two attached hydrogens (primary N) is 1.